The van der Waals surface area contributed by atoms with E-state index in [-0.39, 0.29) is 18.2 Å². The molecule has 0 aliphatic heterocycles. The minimum atomic E-state index is -0.861. The standard InChI is InChI=1S/C10H12BrNO3S/c1-6(13)12-5-7(4-10(14)15)8-2-3-9(11)16-8/h2-3,7H,4-5H2,1H3,(H,12,13)(H,14,15). The van der Waals surface area contributed by atoms with Crippen LogP contribution in [0.5, 0.6) is 0 Å². The van der Waals surface area contributed by atoms with Crippen LogP contribution in [0, 0.1) is 0 Å². The average molecular weight is 306 g/mol. The molecule has 1 aromatic heterocycles. The first-order chi connectivity index (χ1) is 7.49. The van der Waals surface area contributed by atoms with Gasteiger partial charge in [0.05, 0.1) is 10.2 Å². The molecule has 6 heteroatoms. The van der Waals surface area contributed by atoms with E-state index in [1.807, 2.05) is 12.1 Å². The van der Waals surface area contributed by atoms with E-state index in [1.54, 1.807) is 0 Å². The van der Waals surface area contributed by atoms with Crippen molar-refractivity contribution in [3.8, 4) is 0 Å². The van der Waals surface area contributed by atoms with Crippen LogP contribution < -0.4 is 5.32 Å². The Balaban J connectivity index is 2.70. The second-order valence-corrected chi connectivity index (χ2v) is 5.87. The maximum atomic E-state index is 10.8. The molecule has 88 valence electrons. The highest BCUT2D eigenvalue weighted by atomic mass is 79.9. The fraction of sp³-hybridized carbons (Fsp3) is 0.400. The zero-order valence-corrected chi connectivity index (χ0v) is 11.1. The van der Waals surface area contributed by atoms with Crippen LogP contribution in [-0.4, -0.2) is 23.5 Å². The van der Waals surface area contributed by atoms with Crippen LogP contribution in [-0.2, 0) is 9.59 Å². The largest absolute Gasteiger partial charge is 0.481 e. The maximum Gasteiger partial charge on any atom is 0.304 e. The molecule has 0 aliphatic rings. The number of aliphatic carboxylic acids is 1. The van der Waals surface area contributed by atoms with Crippen LogP contribution in [0.25, 0.3) is 0 Å². The lowest BCUT2D eigenvalue weighted by atomic mass is 10.0. The molecule has 4 nitrogen and oxygen atoms in total. The van der Waals surface area contributed by atoms with E-state index in [9.17, 15) is 9.59 Å². The minimum Gasteiger partial charge on any atom is -0.481 e. The SMILES string of the molecule is CC(=O)NCC(CC(=O)O)c1ccc(Br)s1. The van der Waals surface area contributed by atoms with Crippen molar-refractivity contribution >= 4 is 39.1 Å². The van der Waals surface area contributed by atoms with Gasteiger partial charge >= 0.3 is 5.97 Å². The van der Waals surface area contributed by atoms with E-state index in [0.717, 1.165) is 8.66 Å². The Morgan fingerprint density at radius 3 is 2.69 bits per heavy atom. The number of thiophene rings is 1. The van der Waals surface area contributed by atoms with Gasteiger partial charge in [-0.2, -0.15) is 0 Å². The van der Waals surface area contributed by atoms with Crippen molar-refractivity contribution in [1.29, 1.82) is 0 Å². The topological polar surface area (TPSA) is 66.4 Å². The second-order valence-electron chi connectivity index (χ2n) is 3.37. The van der Waals surface area contributed by atoms with Gasteiger partial charge < -0.3 is 10.4 Å². The van der Waals surface area contributed by atoms with E-state index in [0.29, 0.717) is 6.54 Å². The monoisotopic (exact) mass is 305 g/mol. The van der Waals surface area contributed by atoms with E-state index in [2.05, 4.69) is 21.2 Å². The van der Waals surface area contributed by atoms with E-state index < -0.39 is 5.97 Å². The predicted octanol–water partition coefficient (Wildman–Crippen LogP) is 2.21. The lowest BCUT2D eigenvalue weighted by molar-refractivity contribution is -0.137. The summed E-state index contributed by atoms with van der Waals surface area (Å²) in [5.41, 5.74) is 0. The Hall–Kier alpha value is -0.880. The van der Waals surface area contributed by atoms with E-state index >= 15 is 0 Å². The summed E-state index contributed by atoms with van der Waals surface area (Å²) in [6.45, 7) is 1.77. The first-order valence-electron chi connectivity index (χ1n) is 4.70. The quantitative estimate of drug-likeness (QED) is 0.876. The number of carboxylic acids is 1. The molecule has 0 saturated carbocycles. The minimum absolute atomic E-state index is 0.0211. The van der Waals surface area contributed by atoms with Crippen molar-refractivity contribution in [3.63, 3.8) is 0 Å². The van der Waals surface area contributed by atoms with E-state index in [1.165, 1.54) is 18.3 Å². The summed E-state index contributed by atoms with van der Waals surface area (Å²) in [6.07, 6.45) is 0.0211. The van der Waals surface area contributed by atoms with Crippen LogP contribution in [0.3, 0.4) is 0 Å². The first kappa shape index (κ1) is 13.2. The van der Waals surface area contributed by atoms with Crippen LogP contribution in [0.2, 0.25) is 0 Å². The lowest BCUT2D eigenvalue weighted by Gasteiger charge is -2.13. The fourth-order valence-corrected chi connectivity index (χ4v) is 2.82. The van der Waals surface area contributed by atoms with Crippen molar-refractivity contribution < 1.29 is 14.7 Å². The van der Waals surface area contributed by atoms with Crippen molar-refractivity contribution in [1.82, 2.24) is 5.32 Å². The highest BCUT2D eigenvalue weighted by Gasteiger charge is 2.17. The molecule has 0 aliphatic carbocycles. The first-order valence-corrected chi connectivity index (χ1v) is 6.31. The third-order valence-electron chi connectivity index (χ3n) is 2.01. The van der Waals surface area contributed by atoms with Crippen LogP contribution in [0.4, 0.5) is 0 Å². The Bertz CT molecular complexity index is 391. The molecule has 1 heterocycles. The van der Waals surface area contributed by atoms with Crippen LogP contribution in [0.15, 0.2) is 15.9 Å². The number of hydrogen-bond acceptors (Lipinski definition) is 3. The number of amides is 1. The number of hydrogen-bond donors (Lipinski definition) is 2. The van der Waals surface area contributed by atoms with Crippen LogP contribution in [0.1, 0.15) is 24.1 Å². The van der Waals surface area contributed by atoms with Crippen LogP contribution >= 0.6 is 27.3 Å². The molecule has 0 spiro atoms. The molecule has 0 aromatic carbocycles. The molecule has 0 radical (unpaired) electrons. The molecule has 1 rings (SSSR count). The normalized spacial score (nSPS) is 12.1. The molecular formula is C10H12BrNO3S. The summed E-state index contributed by atoms with van der Waals surface area (Å²) >= 11 is 4.82. The van der Waals surface area contributed by atoms with Crippen molar-refractivity contribution in [2.75, 3.05) is 6.54 Å². The Labute approximate surface area is 106 Å². The number of rotatable bonds is 5. The Morgan fingerprint density at radius 1 is 1.56 bits per heavy atom. The summed E-state index contributed by atoms with van der Waals surface area (Å²) in [4.78, 5) is 22.5. The lowest BCUT2D eigenvalue weighted by Crippen LogP contribution is -2.26. The van der Waals surface area contributed by atoms with Crippen molar-refractivity contribution in [2.45, 2.75) is 19.3 Å². The summed E-state index contributed by atoms with van der Waals surface area (Å²) in [5, 5.41) is 11.4. The van der Waals surface area contributed by atoms with Gasteiger partial charge in [-0.25, -0.2) is 0 Å². The van der Waals surface area contributed by atoms with Gasteiger partial charge in [0.2, 0.25) is 5.91 Å². The molecule has 2 N–H and O–H groups in total. The summed E-state index contributed by atoms with van der Waals surface area (Å²) in [5.74, 6) is -1.18. The third-order valence-corrected chi connectivity index (χ3v) is 3.80. The number of carbonyl (C=O) groups is 2. The molecule has 0 saturated heterocycles. The molecule has 1 amide bonds. The smallest absolute Gasteiger partial charge is 0.304 e. The number of nitrogens with one attached hydrogen (secondary N) is 1. The maximum absolute atomic E-state index is 10.8. The highest BCUT2D eigenvalue weighted by Crippen LogP contribution is 2.30. The summed E-state index contributed by atoms with van der Waals surface area (Å²) in [6, 6.07) is 3.76. The van der Waals surface area contributed by atoms with Gasteiger partial charge in [-0.05, 0) is 28.1 Å². The zero-order valence-electron chi connectivity index (χ0n) is 8.70. The number of carbonyl (C=O) groups excluding carboxylic acids is 1. The van der Waals surface area contributed by atoms with Gasteiger partial charge in [-0.1, -0.05) is 0 Å². The van der Waals surface area contributed by atoms with Gasteiger partial charge in [0.1, 0.15) is 0 Å². The number of carboxylic acid groups (broad SMARTS) is 1. The number of halogens is 1. The highest BCUT2D eigenvalue weighted by molar-refractivity contribution is 9.11. The molecular weight excluding hydrogens is 294 g/mol. The van der Waals surface area contributed by atoms with Gasteiger partial charge in [0, 0.05) is 24.3 Å². The van der Waals surface area contributed by atoms with Gasteiger partial charge in [0.25, 0.3) is 0 Å². The Morgan fingerprint density at radius 2 is 2.25 bits per heavy atom. The molecule has 1 atom stereocenters. The van der Waals surface area contributed by atoms with Gasteiger partial charge in [-0.3, -0.25) is 9.59 Å². The summed E-state index contributed by atoms with van der Waals surface area (Å²) < 4.78 is 0.959. The molecule has 16 heavy (non-hydrogen) atoms. The molecule has 1 aromatic rings. The molecule has 0 fully saturated rings. The predicted molar refractivity (Wildman–Crippen MR) is 65.7 cm³/mol. The second kappa shape index (κ2) is 6.00. The third kappa shape index (κ3) is 4.32. The van der Waals surface area contributed by atoms with Gasteiger partial charge in [-0.15, -0.1) is 11.3 Å². The zero-order chi connectivity index (χ0) is 12.1. The van der Waals surface area contributed by atoms with Gasteiger partial charge in [0.15, 0.2) is 0 Å². The Kier molecular flexibility index (Phi) is 4.95. The van der Waals surface area contributed by atoms with Crippen molar-refractivity contribution in [2.24, 2.45) is 0 Å². The molecule has 1 unspecified atom stereocenters. The fourth-order valence-electron chi connectivity index (χ4n) is 1.30. The molecule has 0 bridgehead atoms. The summed E-state index contributed by atoms with van der Waals surface area (Å²) in [7, 11) is 0. The van der Waals surface area contributed by atoms with Crippen molar-refractivity contribution in [3.05, 3.63) is 20.8 Å². The average Bonchev–Trinajstić information content (AvgIpc) is 2.58. The van der Waals surface area contributed by atoms with E-state index in [4.69, 9.17) is 5.11 Å².